The second-order valence-electron chi connectivity index (χ2n) is 8.57. The lowest BCUT2D eigenvalue weighted by Gasteiger charge is -2.17. The number of nitrogens with zero attached hydrogens (tertiary/aromatic N) is 2. The Morgan fingerprint density at radius 1 is 0.972 bits per heavy atom. The van der Waals surface area contributed by atoms with Crippen molar-refractivity contribution in [2.24, 2.45) is 0 Å². The Kier molecular flexibility index (Phi) is 6.94. The fraction of sp³-hybridized carbons (Fsp3) is 0.222. The van der Waals surface area contributed by atoms with E-state index in [0.717, 1.165) is 11.6 Å². The molecule has 1 aromatic heterocycles. The van der Waals surface area contributed by atoms with Crippen LogP contribution in [0.3, 0.4) is 0 Å². The smallest absolute Gasteiger partial charge is 0.417 e. The monoisotopic (exact) mass is 495 g/mol. The van der Waals surface area contributed by atoms with Crippen LogP contribution in [0.25, 0.3) is 34.0 Å². The van der Waals surface area contributed by atoms with Crippen LogP contribution in [-0.2, 0) is 11.0 Å². The zero-order valence-electron chi connectivity index (χ0n) is 19.8. The van der Waals surface area contributed by atoms with Crippen molar-refractivity contribution in [2.45, 2.75) is 39.0 Å². The van der Waals surface area contributed by atoms with E-state index in [1.54, 1.807) is 38.1 Å². The van der Waals surface area contributed by atoms with E-state index in [1.807, 2.05) is 31.2 Å². The topological polar surface area (TPSA) is 88.2 Å². The van der Waals surface area contributed by atoms with Crippen LogP contribution in [0.5, 0.6) is 0 Å². The highest BCUT2D eigenvalue weighted by Crippen LogP contribution is 2.38. The van der Waals surface area contributed by atoms with Crippen molar-refractivity contribution in [3.05, 3.63) is 83.4 Å². The lowest BCUT2D eigenvalue weighted by Crippen LogP contribution is -2.35. The molecule has 4 rings (SSSR count). The number of hydrogen-bond acceptors (Lipinski definition) is 5. The molecule has 9 heteroatoms. The summed E-state index contributed by atoms with van der Waals surface area (Å²) in [4.78, 5) is 15.5. The summed E-state index contributed by atoms with van der Waals surface area (Å²) in [5.74, 6) is -0.316. The van der Waals surface area contributed by atoms with Gasteiger partial charge < -0.3 is 9.63 Å². The number of carboxylic acid groups (broad SMARTS) is 1. The molecular formula is C27H24F3N3O3. The van der Waals surface area contributed by atoms with Crippen molar-refractivity contribution in [3.63, 3.8) is 0 Å². The number of carboxylic acids is 1. The first-order chi connectivity index (χ1) is 17.0. The zero-order valence-corrected chi connectivity index (χ0v) is 19.8. The second-order valence-corrected chi connectivity index (χ2v) is 8.57. The van der Waals surface area contributed by atoms with Gasteiger partial charge in [0.05, 0.1) is 5.56 Å². The predicted molar refractivity (Wildman–Crippen MR) is 129 cm³/mol. The minimum absolute atomic E-state index is 0.113. The van der Waals surface area contributed by atoms with Gasteiger partial charge in [-0.05, 0) is 61.2 Å². The largest absolute Gasteiger partial charge is 0.480 e. The first-order valence-corrected chi connectivity index (χ1v) is 11.2. The van der Waals surface area contributed by atoms with Gasteiger partial charge in [0, 0.05) is 17.2 Å². The van der Waals surface area contributed by atoms with Crippen LogP contribution in [0.2, 0.25) is 0 Å². The van der Waals surface area contributed by atoms with Crippen LogP contribution < -0.4 is 5.32 Å². The van der Waals surface area contributed by atoms with Crippen molar-refractivity contribution in [2.75, 3.05) is 0 Å². The van der Waals surface area contributed by atoms with Crippen LogP contribution in [-0.4, -0.2) is 27.3 Å². The number of aromatic nitrogens is 2. The molecule has 0 aliphatic carbocycles. The summed E-state index contributed by atoms with van der Waals surface area (Å²) in [5, 5.41) is 16.1. The van der Waals surface area contributed by atoms with Gasteiger partial charge in [0.25, 0.3) is 5.89 Å². The van der Waals surface area contributed by atoms with Crippen LogP contribution in [0.15, 0.2) is 71.3 Å². The molecule has 6 nitrogen and oxygen atoms in total. The summed E-state index contributed by atoms with van der Waals surface area (Å²) < 4.78 is 45.8. The normalized spacial score (nSPS) is 13.4. The Morgan fingerprint density at radius 2 is 1.64 bits per heavy atom. The van der Waals surface area contributed by atoms with Crippen LogP contribution in [0, 0.1) is 6.92 Å². The quantitative estimate of drug-likeness (QED) is 0.303. The molecule has 3 aromatic carbocycles. The molecular weight excluding hydrogens is 471 g/mol. The number of nitrogens with one attached hydrogen (secondary N) is 1. The van der Waals surface area contributed by atoms with E-state index in [0.29, 0.717) is 28.1 Å². The van der Waals surface area contributed by atoms with Crippen LogP contribution in [0.1, 0.15) is 36.6 Å². The average Bonchev–Trinajstić information content (AvgIpc) is 3.34. The average molecular weight is 496 g/mol. The molecule has 186 valence electrons. The van der Waals surface area contributed by atoms with Gasteiger partial charge in [-0.15, -0.1) is 0 Å². The third-order valence-corrected chi connectivity index (χ3v) is 5.96. The minimum Gasteiger partial charge on any atom is -0.480 e. The molecule has 2 atom stereocenters. The Hall–Kier alpha value is -3.98. The number of alkyl halides is 3. The fourth-order valence-electron chi connectivity index (χ4n) is 3.99. The van der Waals surface area contributed by atoms with Crippen molar-refractivity contribution >= 4 is 5.97 Å². The summed E-state index contributed by atoms with van der Waals surface area (Å²) in [6, 6.07) is 17.0. The first-order valence-electron chi connectivity index (χ1n) is 11.2. The van der Waals surface area contributed by atoms with Crippen molar-refractivity contribution < 1.29 is 27.6 Å². The maximum Gasteiger partial charge on any atom is 0.417 e. The maximum atomic E-state index is 13.5. The molecule has 0 amide bonds. The number of halogens is 3. The number of aliphatic carboxylic acids is 1. The number of carbonyl (C=O) groups is 1. The molecule has 2 N–H and O–H groups in total. The summed E-state index contributed by atoms with van der Waals surface area (Å²) in [7, 11) is 0. The second kappa shape index (κ2) is 9.94. The lowest BCUT2D eigenvalue weighted by molar-refractivity contribution is -0.139. The van der Waals surface area contributed by atoms with E-state index in [4.69, 9.17) is 9.63 Å². The fourth-order valence-corrected chi connectivity index (χ4v) is 3.99. The molecule has 0 spiro atoms. The predicted octanol–water partition coefficient (Wildman–Crippen LogP) is 6.52. The van der Waals surface area contributed by atoms with E-state index in [9.17, 15) is 18.0 Å². The number of aryl methyl sites for hydroxylation is 1. The van der Waals surface area contributed by atoms with E-state index < -0.39 is 23.8 Å². The van der Waals surface area contributed by atoms with Crippen molar-refractivity contribution in [3.8, 4) is 34.0 Å². The highest BCUT2D eigenvalue weighted by atomic mass is 19.4. The van der Waals surface area contributed by atoms with Gasteiger partial charge in [0.2, 0.25) is 5.82 Å². The third kappa shape index (κ3) is 5.31. The van der Waals surface area contributed by atoms with Crippen molar-refractivity contribution in [1.82, 2.24) is 15.5 Å². The van der Waals surface area contributed by atoms with Gasteiger partial charge in [0.1, 0.15) is 6.04 Å². The summed E-state index contributed by atoms with van der Waals surface area (Å²) in [5.41, 5.74) is 2.75. The molecule has 0 saturated carbocycles. The highest BCUT2D eigenvalue weighted by Gasteiger charge is 2.33. The first kappa shape index (κ1) is 25.1. The molecule has 1 heterocycles. The van der Waals surface area contributed by atoms with Gasteiger partial charge in [-0.25, -0.2) is 0 Å². The van der Waals surface area contributed by atoms with Gasteiger partial charge in [0.15, 0.2) is 0 Å². The zero-order chi connectivity index (χ0) is 26.0. The molecule has 0 unspecified atom stereocenters. The Balaban J connectivity index is 1.56. The van der Waals surface area contributed by atoms with Gasteiger partial charge >= 0.3 is 12.1 Å². The molecule has 0 radical (unpaired) electrons. The summed E-state index contributed by atoms with van der Waals surface area (Å²) >= 11 is 0. The van der Waals surface area contributed by atoms with E-state index in [-0.39, 0.29) is 17.5 Å². The van der Waals surface area contributed by atoms with E-state index in [1.165, 1.54) is 12.1 Å². The van der Waals surface area contributed by atoms with E-state index >= 15 is 0 Å². The van der Waals surface area contributed by atoms with Crippen LogP contribution in [0.4, 0.5) is 13.2 Å². The summed E-state index contributed by atoms with van der Waals surface area (Å²) in [6.45, 7) is 5.19. The summed E-state index contributed by atoms with van der Waals surface area (Å²) in [6.07, 6.45) is -4.46. The number of rotatable bonds is 7. The Bertz CT molecular complexity index is 1380. The number of benzene rings is 3. The molecule has 0 aliphatic rings. The molecule has 4 aromatic rings. The Labute approximate surface area is 205 Å². The van der Waals surface area contributed by atoms with Crippen LogP contribution >= 0.6 is 0 Å². The molecule has 0 aliphatic heterocycles. The van der Waals surface area contributed by atoms with Gasteiger partial charge in [-0.1, -0.05) is 53.7 Å². The van der Waals surface area contributed by atoms with Gasteiger partial charge in [-0.2, -0.15) is 18.2 Å². The molecule has 0 saturated heterocycles. The molecule has 0 fully saturated rings. The van der Waals surface area contributed by atoms with Gasteiger partial charge in [-0.3, -0.25) is 10.1 Å². The molecule has 0 bridgehead atoms. The minimum atomic E-state index is -4.46. The standard InChI is InChI=1S/C27H24F3N3O3/c1-15-14-20(12-13-21(15)22-6-4-5-7-23(22)27(28,29)30)25-32-24(33-36-25)19-10-8-18(9-11-19)16(2)31-17(3)26(34)35/h4-14,16-17,31H,1-3H3,(H,34,35)/t16-,17+/m0/s1. The lowest BCUT2D eigenvalue weighted by atomic mass is 9.94. The highest BCUT2D eigenvalue weighted by molar-refractivity contribution is 5.74. The third-order valence-electron chi connectivity index (χ3n) is 5.96. The number of hydrogen-bond donors (Lipinski definition) is 2. The maximum absolute atomic E-state index is 13.5. The Morgan fingerprint density at radius 3 is 2.28 bits per heavy atom. The van der Waals surface area contributed by atoms with Crippen molar-refractivity contribution in [1.29, 1.82) is 0 Å². The molecule has 36 heavy (non-hydrogen) atoms. The SMILES string of the molecule is Cc1cc(-c2nc(-c3ccc([C@H](C)N[C@H](C)C(=O)O)cc3)no2)ccc1-c1ccccc1C(F)(F)F. The van der Waals surface area contributed by atoms with E-state index in [2.05, 4.69) is 15.5 Å².